The summed E-state index contributed by atoms with van der Waals surface area (Å²) in [5.74, 6) is -0.717. The van der Waals surface area contributed by atoms with Crippen LogP contribution in [0.25, 0.3) is 0 Å². The van der Waals surface area contributed by atoms with Crippen LogP contribution in [-0.2, 0) is 0 Å². The van der Waals surface area contributed by atoms with Crippen LogP contribution in [0.5, 0.6) is 0 Å². The number of piperazine rings is 1. The molecule has 114 valence electrons. The Morgan fingerprint density at radius 2 is 1.68 bits per heavy atom. The van der Waals surface area contributed by atoms with Crippen LogP contribution in [0.3, 0.4) is 0 Å². The molecule has 0 saturated carbocycles. The van der Waals surface area contributed by atoms with E-state index in [0.29, 0.717) is 17.6 Å². The monoisotopic (exact) mass is 362 g/mol. The summed E-state index contributed by atoms with van der Waals surface area (Å²) >= 11 is 3.28. The molecule has 0 spiro atoms. The molecule has 0 N–H and O–H groups in total. The van der Waals surface area contributed by atoms with Crippen molar-refractivity contribution in [3.8, 4) is 0 Å². The maximum atomic E-state index is 13.8. The van der Waals surface area contributed by atoms with Gasteiger partial charge in [0.25, 0.3) is 5.91 Å². The molecular formula is C17H16BrFN2O. The first kappa shape index (κ1) is 15.0. The van der Waals surface area contributed by atoms with Gasteiger partial charge in [-0.2, -0.15) is 0 Å². The van der Waals surface area contributed by atoms with Gasteiger partial charge in [0.2, 0.25) is 0 Å². The zero-order valence-electron chi connectivity index (χ0n) is 12.0. The highest BCUT2D eigenvalue weighted by atomic mass is 79.9. The fraction of sp³-hybridized carbons (Fsp3) is 0.235. The SMILES string of the molecule is O=C(c1cc(Br)ccc1F)N1CCN(c2ccccc2)CC1. The Morgan fingerprint density at radius 1 is 1.00 bits per heavy atom. The molecule has 1 aliphatic heterocycles. The van der Waals surface area contributed by atoms with Crippen molar-refractivity contribution in [3.63, 3.8) is 0 Å². The van der Waals surface area contributed by atoms with Crippen LogP contribution in [0.1, 0.15) is 10.4 Å². The van der Waals surface area contributed by atoms with Crippen molar-refractivity contribution >= 4 is 27.5 Å². The summed E-state index contributed by atoms with van der Waals surface area (Å²) in [6.45, 7) is 2.70. The molecule has 1 amide bonds. The second-order valence-electron chi connectivity index (χ2n) is 5.24. The van der Waals surface area contributed by atoms with E-state index in [1.165, 1.54) is 6.07 Å². The molecule has 1 heterocycles. The fourth-order valence-electron chi connectivity index (χ4n) is 2.64. The van der Waals surface area contributed by atoms with Gasteiger partial charge in [-0.25, -0.2) is 4.39 Å². The van der Waals surface area contributed by atoms with Crippen molar-refractivity contribution < 1.29 is 9.18 Å². The number of carbonyl (C=O) groups is 1. The Hall–Kier alpha value is -1.88. The molecule has 0 bridgehead atoms. The van der Waals surface area contributed by atoms with Gasteiger partial charge in [-0.15, -0.1) is 0 Å². The van der Waals surface area contributed by atoms with Crippen molar-refractivity contribution in [2.75, 3.05) is 31.1 Å². The van der Waals surface area contributed by atoms with Crippen molar-refractivity contribution in [2.24, 2.45) is 0 Å². The number of anilines is 1. The molecule has 1 aliphatic rings. The summed E-state index contributed by atoms with van der Waals surface area (Å²) in [6.07, 6.45) is 0. The highest BCUT2D eigenvalue weighted by Gasteiger charge is 2.24. The fourth-order valence-corrected chi connectivity index (χ4v) is 3.00. The average molecular weight is 363 g/mol. The summed E-state index contributed by atoms with van der Waals surface area (Å²) < 4.78 is 14.5. The van der Waals surface area contributed by atoms with E-state index >= 15 is 0 Å². The lowest BCUT2D eigenvalue weighted by atomic mass is 10.1. The van der Waals surface area contributed by atoms with E-state index in [-0.39, 0.29) is 11.5 Å². The lowest BCUT2D eigenvalue weighted by Crippen LogP contribution is -2.49. The third-order valence-electron chi connectivity index (χ3n) is 3.85. The minimum absolute atomic E-state index is 0.127. The first-order valence-electron chi connectivity index (χ1n) is 7.19. The maximum absolute atomic E-state index is 13.8. The van der Waals surface area contributed by atoms with E-state index in [4.69, 9.17) is 0 Å². The number of hydrogen-bond donors (Lipinski definition) is 0. The Kier molecular flexibility index (Phi) is 4.43. The van der Waals surface area contributed by atoms with Crippen molar-refractivity contribution in [3.05, 3.63) is 64.4 Å². The zero-order valence-corrected chi connectivity index (χ0v) is 13.6. The normalized spacial score (nSPS) is 15.0. The van der Waals surface area contributed by atoms with E-state index in [9.17, 15) is 9.18 Å². The first-order chi connectivity index (χ1) is 10.6. The molecule has 5 heteroatoms. The molecule has 0 aliphatic carbocycles. The molecule has 2 aromatic carbocycles. The van der Waals surface area contributed by atoms with Crippen LogP contribution in [0, 0.1) is 5.82 Å². The average Bonchev–Trinajstić information content (AvgIpc) is 2.57. The standard InChI is InChI=1S/C17H16BrFN2O/c18-13-6-7-16(19)15(12-13)17(22)21-10-8-20(9-11-21)14-4-2-1-3-5-14/h1-7,12H,8-11H2. The lowest BCUT2D eigenvalue weighted by Gasteiger charge is -2.36. The molecule has 1 fully saturated rings. The van der Waals surface area contributed by atoms with E-state index in [2.05, 4.69) is 33.0 Å². The van der Waals surface area contributed by atoms with E-state index in [1.807, 2.05) is 18.2 Å². The summed E-state index contributed by atoms with van der Waals surface area (Å²) in [4.78, 5) is 16.4. The summed E-state index contributed by atoms with van der Waals surface area (Å²) in [6, 6.07) is 14.6. The van der Waals surface area contributed by atoms with Crippen molar-refractivity contribution in [1.82, 2.24) is 4.90 Å². The van der Waals surface area contributed by atoms with Crippen LogP contribution >= 0.6 is 15.9 Å². The van der Waals surface area contributed by atoms with Crippen molar-refractivity contribution in [2.45, 2.75) is 0 Å². The molecule has 0 aromatic heterocycles. The molecule has 0 atom stereocenters. The number of rotatable bonds is 2. The molecule has 3 rings (SSSR count). The number of nitrogens with zero attached hydrogens (tertiary/aromatic N) is 2. The van der Waals surface area contributed by atoms with Crippen LogP contribution in [0.15, 0.2) is 53.0 Å². The zero-order chi connectivity index (χ0) is 15.5. The number of benzene rings is 2. The van der Waals surface area contributed by atoms with Crippen LogP contribution in [0.2, 0.25) is 0 Å². The second kappa shape index (κ2) is 6.48. The Bertz CT molecular complexity index is 670. The third kappa shape index (κ3) is 3.14. The van der Waals surface area contributed by atoms with E-state index in [1.54, 1.807) is 17.0 Å². The third-order valence-corrected chi connectivity index (χ3v) is 4.34. The van der Waals surface area contributed by atoms with Gasteiger partial charge in [-0.05, 0) is 30.3 Å². The smallest absolute Gasteiger partial charge is 0.256 e. The van der Waals surface area contributed by atoms with Gasteiger partial charge in [-0.3, -0.25) is 4.79 Å². The quantitative estimate of drug-likeness (QED) is 0.815. The predicted molar refractivity (Wildman–Crippen MR) is 88.7 cm³/mol. The van der Waals surface area contributed by atoms with Crippen LogP contribution < -0.4 is 4.90 Å². The Balaban J connectivity index is 1.68. The molecule has 3 nitrogen and oxygen atoms in total. The second-order valence-corrected chi connectivity index (χ2v) is 6.15. The highest BCUT2D eigenvalue weighted by molar-refractivity contribution is 9.10. The molecular weight excluding hydrogens is 347 g/mol. The minimum Gasteiger partial charge on any atom is -0.368 e. The topological polar surface area (TPSA) is 23.6 Å². The number of para-hydroxylation sites is 1. The van der Waals surface area contributed by atoms with Gasteiger partial charge in [0.15, 0.2) is 0 Å². The minimum atomic E-state index is -0.473. The summed E-state index contributed by atoms with van der Waals surface area (Å²) in [5, 5.41) is 0. The Labute approximate surface area is 137 Å². The maximum Gasteiger partial charge on any atom is 0.256 e. The van der Waals surface area contributed by atoms with Gasteiger partial charge in [0, 0.05) is 36.3 Å². The molecule has 2 aromatic rings. The molecule has 0 unspecified atom stereocenters. The first-order valence-corrected chi connectivity index (χ1v) is 7.99. The van der Waals surface area contributed by atoms with Gasteiger partial charge in [0.1, 0.15) is 5.82 Å². The predicted octanol–water partition coefficient (Wildman–Crippen LogP) is 3.55. The number of carbonyl (C=O) groups excluding carboxylic acids is 1. The van der Waals surface area contributed by atoms with E-state index < -0.39 is 5.82 Å². The van der Waals surface area contributed by atoms with Gasteiger partial charge < -0.3 is 9.80 Å². The molecule has 22 heavy (non-hydrogen) atoms. The van der Waals surface area contributed by atoms with Crippen LogP contribution in [0.4, 0.5) is 10.1 Å². The highest BCUT2D eigenvalue weighted by Crippen LogP contribution is 2.20. The van der Waals surface area contributed by atoms with Gasteiger partial charge in [-0.1, -0.05) is 34.1 Å². The van der Waals surface area contributed by atoms with Crippen molar-refractivity contribution in [1.29, 1.82) is 0 Å². The number of amides is 1. The van der Waals surface area contributed by atoms with Gasteiger partial charge >= 0.3 is 0 Å². The van der Waals surface area contributed by atoms with Crippen LogP contribution in [-0.4, -0.2) is 37.0 Å². The van der Waals surface area contributed by atoms with E-state index in [0.717, 1.165) is 18.8 Å². The summed E-state index contributed by atoms with van der Waals surface area (Å²) in [7, 11) is 0. The lowest BCUT2D eigenvalue weighted by molar-refractivity contribution is 0.0742. The Morgan fingerprint density at radius 3 is 2.36 bits per heavy atom. The van der Waals surface area contributed by atoms with Gasteiger partial charge in [0.05, 0.1) is 5.56 Å². The summed E-state index contributed by atoms with van der Waals surface area (Å²) in [5.41, 5.74) is 1.28. The number of halogens is 2. The number of hydrogen-bond acceptors (Lipinski definition) is 2. The largest absolute Gasteiger partial charge is 0.368 e. The molecule has 0 radical (unpaired) electrons. The molecule has 1 saturated heterocycles.